The van der Waals surface area contributed by atoms with E-state index in [1.807, 2.05) is 0 Å². The lowest BCUT2D eigenvalue weighted by Crippen LogP contribution is -2.46. The topological polar surface area (TPSA) is 86.8 Å². The quantitative estimate of drug-likeness (QED) is 0.357. The third-order valence-electron chi connectivity index (χ3n) is 1.45. The first-order valence-electron chi connectivity index (χ1n) is 3.48. The molecule has 4 N–H and O–H groups in total. The Hall–Kier alpha value is -0.650. The molecule has 0 aliphatic rings. The Morgan fingerprint density at radius 1 is 1.73 bits per heavy atom. The standard InChI is InChI=1S/C6H14N2O3/c1-2-8(7)5(3-4-9)6(10)11/h5,9H,2-4,7H2,1H3,(H,10,11). The van der Waals surface area contributed by atoms with Crippen molar-refractivity contribution in [2.75, 3.05) is 13.2 Å². The molecule has 5 nitrogen and oxygen atoms in total. The zero-order valence-corrected chi connectivity index (χ0v) is 6.53. The van der Waals surface area contributed by atoms with Gasteiger partial charge < -0.3 is 10.2 Å². The summed E-state index contributed by atoms with van der Waals surface area (Å²) in [5.41, 5.74) is 0. The van der Waals surface area contributed by atoms with Crippen molar-refractivity contribution in [1.82, 2.24) is 5.01 Å². The van der Waals surface area contributed by atoms with Crippen LogP contribution in [0, 0.1) is 0 Å². The highest BCUT2D eigenvalue weighted by atomic mass is 16.4. The van der Waals surface area contributed by atoms with E-state index in [1.165, 1.54) is 5.01 Å². The summed E-state index contributed by atoms with van der Waals surface area (Å²) >= 11 is 0. The van der Waals surface area contributed by atoms with Crippen LogP contribution in [0.5, 0.6) is 0 Å². The van der Waals surface area contributed by atoms with Crippen molar-refractivity contribution in [2.45, 2.75) is 19.4 Å². The summed E-state index contributed by atoms with van der Waals surface area (Å²) in [4.78, 5) is 10.5. The average Bonchev–Trinajstić information content (AvgIpc) is 1.98. The molecular weight excluding hydrogens is 148 g/mol. The minimum atomic E-state index is -0.997. The molecule has 0 radical (unpaired) electrons. The van der Waals surface area contributed by atoms with Crippen LogP contribution >= 0.6 is 0 Å². The Morgan fingerprint density at radius 2 is 2.27 bits per heavy atom. The predicted molar refractivity (Wildman–Crippen MR) is 39.7 cm³/mol. The van der Waals surface area contributed by atoms with Crippen LogP contribution in [-0.2, 0) is 4.79 Å². The van der Waals surface area contributed by atoms with E-state index in [-0.39, 0.29) is 13.0 Å². The Balaban J connectivity index is 3.97. The first kappa shape index (κ1) is 10.3. The van der Waals surface area contributed by atoms with Gasteiger partial charge in [-0.1, -0.05) is 6.92 Å². The number of hydrogen-bond acceptors (Lipinski definition) is 4. The molecule has 0 aliphatic carbocycles. The lowest BCUT2D eigenvalue weighted by Gasteiger charge is -2.21. The van der Waals surface area contributed by atoms with Crippen LogP contribution < -0.4 is 5.84 Å². The molecule has 0 aliphatic heterocycles. The summed E-state index contributed by atoms with van der Waals surface area (Å²) in [6, 6.07) is -0.773. The highest BCUT2D eigenvalue weighted by Gasteiger charge is 2.20. The number of nitrogens with two attached hydrogens (primary N) is 1. The number of carboxylic acids is 1. The molecule has 0 heterocycles. The van der Waals surface area contributed by atoms with E-state index in [4.69, 9.17) is 16.1 Å². The number of carboxylic acid groups (broad SMARTS) is 1. The molecule has 0 fully saturated rings. The first-order chi connectivity index (χ1) is 5.13. The Labute approximate surface area is 65.4 Å². The molecule has 0 saturated heterocycles. The number of rotatable bonds is 5. The zero-order valence-electron chi connectivity index (χ0n) is 6.53. The van der Waals surface area contributed by atoms with Gasteiger partial charge in [0.1, 0.15) is 6.04 Å². The molecule has 0 rings (SSSR count). The average molecular weight is 162 g/mol. The predicted octanol–water partition coefficient (Wildman–Crippen LogP) is -0.982. The first-order valence-corrected chi connectivity index (χ1v) is 3.48. The van der Waals surface area contributed by atoms with Crippen LogP contribution in [0.15, 0.2) is 0 Å². The second-order valence-electron chi connectivity index (χ2n) is 2.20. The van der Waals surface area contributed by atoms with Crippen molar-refractivity contribution in [2.24, 2.45) is 5.84 Å². The van der Waals surface area contributed by atoms with Crippen molar-refractivity contribution in [3.05, 3.63) is 0 Å². The molecule has 66 valence electrons. The number of aliphatic hydroxyl groups is 1. The fourth-order valence-electron chi connectivity index (χ4n) is 0.774. The van der Waals surface area contributed by atoms with Gasteiger partial charge in [0, 0.05) is 13.2 Å². The molecule has 0 spiro atoms. The van der Waals surface area contributed by atoms with Gasteiger partial charge in [-0.15, -0.1) is 0 Å². The third kappa shape index (κ3) is 3.31. The Morgan fingerprint density at radius 3 is 2.55 bits per heavy atom. The highest BCUT2D eigenvalue weighted by Crippen LogP contribution is 1.98. The molecule has 1 unspecified atom stereocenters. The van der Waals surface area contributed by atoms with Crippen molar-refractivity contribution in [3.63, 3.8) is 0 Å². The minimum Gasteiger partial charge on any atom is -0.480 e. The number of carbonyl (C=O) groups is 1. The van der Waals surface area contributed by atoms with E-state index in [0.29, 0.717) is 6.54 Å². The molecule has 11 heavy (non-hydrogen) atoms. The maximum atomic E-state index is 10.5. The highest BCUT2D eigenvalue weighted by molar-refractivity contribution is 5.73. The Bertz CT molecular complexity index is 129. The number of nitrogens with zero attached hydrogens (tertiary/aromatic N) is 1. The van der Waals surface area contributed by atoms with E-state index in [1.54, 1.807) is 6.92 Å². The maximum Gasteiger partial charge on any atom is 0.322 e. The van der Waals surface area contributed by atoms with E-state index >= 15 is 0 Å². The summed E-state index contributed by atoms with van der Waals surface area (Å²) in [6.07, 6.45) is 0.166. The normalized spacial score (nSPS) is 13.5. The monoisotopic (exact) mass is 162 g/mol. The van der Waals surface area contributed by atoms with Gasteiger partial charge >= 0.3 is 5.97 Å². The van der Waals surface area contributed by atoms with Crippen molar-refractivity contribution in [3.8, 4) is 0 Å². The van der Waals surface area contributed by atoms with Gasteiger partial charge in [0.25, 0.3) is 0 Å². The number of aliphatic carboxylic acids is 1. The second kappa shape index (κ2) is 5.06. The van der Waals surface area contributed by atoms with Crippen LogP contribution in [0.3, 0.4) is 0 Å². The molecule has 0 aromatic carbocycles. The lowest BCUT2D eigenvalue weighted by molar-refractivity contribution is -0.144. The number of hydrogen-bond donors (Lipinski definition) is 3. The minimum absolute atomic E-state index is 0.162. The van der Waals surface area contributed by atoms with Crippen molar-refractivity contribution >= 4 is 5.97 Å². The van der Waals surface area contributed by atoms with Crippen molar-refractivity contribution in [1.29, 1.82) is 0 Å². The van der Waals surface area contributed by atoms with Gasteiger partial charge in [0.05, 0.1) is 0 Å². The van der Waals surface area contributed by atoms with Gasteiger partial charge in [-0.2, -0.15) is 0 Å². The van der Waals surface area contributed by atoms with Gasteiger partial charge in [-0.05, 0) is 6.42 Å². The maximum absolute atomic E-state index is 10.5. The smallest absolute Gasteiger partial charge is 0.322 e. The van der Waals surface area contributed by atoms with E-state index in [2.05, 4.69) is 0 Å². The van der Waals surface area contributed by atoms with E-state index in [9.17, 15) is 4.79 Å². The van der Waals surface area contributed by atoms with Crippen LogP contribution in [0.25, 0.3) is 0 Å². The van der Waals surface area contributed by atoms with Gasteiger partial charge in [0.2, 0.25) is 0 Å². The number of aliphatic hydroxyl groups excluding tert-OH is 1. The van der Waals surface area contributed by atoms with Crippen LogP contribution in [0.1, 0.15) is 13.3 Å². The zero-order chi connectivity index (χ0) is 8.85. The largest absolute Gasteiger partial charge is 0.480 e. The molecule has 5 heteroatoms. The second-order valence-corrected chi connectivity index (χ2v) is 2.20. The van der Waals surface area contributed by atoms with E-state index in [0.717, 1.165) is 0 Å². The fraction of sp³-hybridized carbons (Fsp3) is 0.833. The molecule has 0 aromatic rings. The van der Waals surface area contributed by atoms with Crippen molar-refractivity contribution < 1.29 is 15.0 Å². The molecule has 0 amide bonds. The molecule has 0 saturated carbocycles. The summed E-state index contributed by atoms with van der Waals surface area (Å²) in [6.45, 7) is 2.05. The molecule has 0 aromatic heterocycles. The SMILES string of the molecule is CCN(N)C(CCO)C(=O)O. The molecule has 1 atom stereocenters. The van der Waals surface area contributed by atoms with E-state index < -0.39 is 12.0 Å². The summed E-state index contributed by atoms with van der Waals surface area (Å²) in [7, 11) is 0. The van der Waals surface area contributed by atoms with Gasteiger partial charge in [-0.25, -0.2) is 5.01 Å². The van der Waals surface area contributed by atoms with Crippen LogP contribution in [0.2, 0.25) is 0 Å². The summed E-state index contributed by atoms with van der Waals surface area (Å²) in [5.74, 6) is 4.35. The molecular formula is C6H14N2O3. The number of likely N-dealkylation sites (N-methyl/N-ethyl adjacent to an activating group) is 1. The summed E-state index contributed by atoms with van der Waals surface area (Å²) in [5, 5.41) is 18.3. The van der Waals surface area contributed by atoms with Crippen LogP contribution in [0.4, 0.5) is 0 Å². The van der Waals surface area contributed by atoms with Crippen LogP contribution in [-0.4, -0.2) is 40.4 Å². The molecule has 0 bridgehead atoms. The lowest BCUT2D eigenvalue weighted by atomic mass is 10.2. The Kier molecular flexibility index (Phi) is 4.76. The van der Waals surface area contributed by atoms with Gasteiger partial charge in [-0.3, -0.25) is 10.6 Å². The van der Waals surface area contributed by atoms with Gasteiger partial charge in [0.15, 0.2) is 0 Å². The fourth-order valence-corrected chi connectivity index (χ4v) is 0.774. The number of hydrazine groups is 1. The summed E-state index contributed by atoms with van der Waals surface area (Å²) < 4.78 is 0. The third-order valence-corrected chi connectivity index (χ3v) is 1.45.